The highest BCUT2D eigenvalue weighted by Gasteiger charge is 2.35. The second-order valence-electron chi connectivity index (χ2n) is 10.5. The van der Waals surface area contributed by atoms with Crippen molar-refractivity contribution in [3.05, 3.63) is 89.7 Å². The van der Waals surface area contributed by atoms with E-state index in [0.717, 1.165) is 34.6 Å². The average Bonchev–Trinajstić information content (AvgIpc) is 2.88. The van der Waals surface area contributed by atoms with E-state index in [1.807, 2.05) is 54.6 Å². The van der Waals surface area contributed by atoms with Crippen LogP contribution in [0.15, 0.2) is 72.8 Å². The Morgan fingerprint density at radius 2 is 1.59 bits per heavy atom. The molecule has 178 valence electrons. The van der Waals surface area contributed by atoms with E-state index >= 15 is 4.39 Å². The summed E-state index contributed by atoms with van der Waals surface area (Å²) in [6, 6.07) is 23.9. The minimum atomic E-state index is -0.107. The molecule has 2 aliphatic rings. The van der Waals surface area contributed by atoms with Gasteiger partial charge in [-0.05, 0) is 90.7 Å². The van der Waals surface area contributed by atoms with E-state index in [2.05, 4.69) is 25.1 Å². The lowest BCUT2D eigenvalue weighted by molar-refractivity contribution is 0.114. The number of fused-ring (bicyclic) bond motifs is 1. The van der Waals surface area contributed by atoms with Crippen LogP contribution in [0.4, 0.5) is 4.39 Å². The predicted octanol–water partition coefficient (Wildman–Crippen LogP) is 9.17. The summed E-state index contributed by atoms with van der Waals surface area (Å²) in [4.78, 5) is 0. The van der Waals surface area contributed by atoms with Crippen LogP contribution in [0.25, 0.3) is 11.1 Å². The standard InChI is InChI=1S/C32H37FO/c1-2-6-23-9-10-27-20-28(12-11-26(27)19-23)29-15-18-31(32(33)21-29)25-13-16-30(17-14-25)34-22-24-7-4-3-5-8-24/h3-5,7-8,13-18,21,23,26-28H,2,6,9-12,19-20,22H2,1H3. The maximum Gasteiger partial charge on any atom is 0.131 e. The van der Waals surface area contributed by atoms with Crippen LogP contribution in [-0.2, 0) is 6.61 Å². The van der Waals surface area contributed by atoms with Crippen molar-refractivity contribution >= 4 is 0 Å². The van der Waals surface area contributed by atoms with Gasteiger partial charge in [0, 0.05) is 5.56 Å². The Kier molecular flexibility index (Phi) is 7.33. The molecule has 1 nitrogen and oxygen atoms in total. The molecule has 2 fully saturated rings. The molecule has 2 saturated carbocycles. The Labute approximate surface area is 204 Å². The first kappa shape index (κ1) is 23.1. The van der Waals surface area contributed by atoms with E-state index in [-0.39, 0.29) is 5.82 Å². The second kappa shape index (κ2) is 10.8. The molecule has 2 aliphatic carbocycles. The van der Waals surface area contributed by atoms with Gasteiger partial charge in [0.25, 0.3) is 0 Å². The van der Waals surface area contributed by atoms with E-state index in [9.17, 15) is 0 Å². The van der Waals surface area contributed by atoms with E-state index in [4.69, 9.17) is 4.74 Å². The fourth-order valence-corrected chi connectivity index (χ4v) is 6.45. The Bertz CT molecular complexity index is 1060. The zero-order chi connectivity index (χ0) is 23.3. The largest absolute Gasteiger partial charge is 0.489 e. The molecule has 5 rings (SSSR count). The van der Waals surface area contributed by atoms with Crippen molar-refractivity contribution in [1.29, 1.82) is 0 Å². The quantitative estimate of drug-likeness (QED) is 0.344. The Morgan fingerprint density at radius 3 is 2.35 bits per heavy atom. The van der Waals surface area contributed by atoms with E-state index < -0.39 is 0 Å². The first-order valence-electron chi connectivity index (χ1n) is 13.3. The van der Waals surface area contributed by atoms with Gasteiger partial charge in [0.1, 0.15) is 18.2 Å². The lowest BCUT2D eigenvalue weighted by atomic mass is 9.63. The molecule has 0 saturated heterocycles. The number of hydrogen-bond donors (Lipinski definition) is 0. The molecule has 4 unspecified atom stereocenters. The van der Waals surface area contributed by atoms with Crippen molar-refractivity contribution in [3.63, 3.8) is 0 Å². The van der Waals surface area contributed by atoms with Crippen molar-refractivity contribution in [2.45, 2.75) is 70.8 Å². The molecule has 0 bridgehead atoms. The normalized spacial score (nSPS) is 24.4. The van der Waals surface area contributed by atoms with E-state index in [1.165, 1.54) is 56.9 Å². The lowest BCUT2D eigenvalue weighted by Crippen LogP contribution is -2.30. The molecule has 4 atom stereocenters. The van der Waals surface area contributed by atoms with E-state index in [0.29, 0.717) is 18.1 Å². The topological polar surface area (TPSA) is 9.23 Å². The third-order valence-corrected chi connectivity index (χ3v) is 8.30. The monoisotopic (exact) mass is 456 g/mol. The van der Waals surface area contributed by atoms with Crippen molar-refractivity contribution in [3.8, 4) is 16.9 Å². The fraction of sp³-hybridized carbons (Fsp3) is 0.438. The molecule has 34 heavy (non-hydrogen) atoms. The van der Waals surface area contributed by atoms with Gasteiger partial charge in [-0.3, -0.25) is 0 Å². The number of benzene rings is 3. The molecule has 0 spiro atoms. The van der Waals surface area contributed by atoms with Crippen molar-refractivity contribution < 1.29 is 9.13 Å². The molecule has 0 aliphatic heterocycles. The summed E-state index contributed by atoms with van der Waals surface area (Å²) in [6.45, 7) is 2.85. The van der Waals surface area contributed by atoms with Crippen LogP contribution >= 0.6 is 0 Å². The zero-order valence-electron chi connectivity index (χ0n) is 20.4. The number of hydrogen-bond acceptors (Lipinski definition) is 1. The third-order valence-electron chi connectivity index (χ3n) is 8.30. The SMILES string of the molecule is CCCC1CCC2CC(c3ccc(-c4ccc(OCc5ccccc5)cc4)c(F)c3)CCC2C1. The Morgan fingerprint density at radius 1 is 0.824 bits per heavy atom. The van der Waals surface area contributed by atoms with Crippen LogP contribution in [0, 0.1) is 23.6 Å². The minimum Gasteiger partial charge on any atom is -0.489 e. The van der Waals surface area contributed by atoms with Crippen LogP contribution in [0.1, 0.15) is 75.3 Å². The fourth-order valence-electron chi connectivity index (χ4n) is 6.45. The van der Waals surface area contributed by atoms with Gasteiger partial charge in [0.2, 0.25) is 0 Å². The van der Waals surface area contributed by atoms with E-state index in [1.54, 1.807) is 0 Å². The summed E-state index contributed by atoms with van der Waals surface area (Å²) in [5.74, 6) is 3.92. The summed E-state index contributed by atoms with van der Waals surface area (Å²) < 4.78 is 21.1. The van der Waals surface area contributed by atoms with Gasteiger partial charge in [0.15, 0.2) is 0 Å². The smallest absolute Gasteiger partial charge is 0.131 e. The van der Waals surface area contributed by atoms with Crippen LogP contribution < -0.4 is 4.74 Å². The van der Waals surface area contributed by atoms with Crippen LogP contribution in [-0.4, -0.2) is 0 Å². The number of halogens is 1. The predicted molar refractivity (Wildman–Crippen MR) is 138 cm³/mol. The molecule has 0 N–H and O–H groups in total. The highest BCUT2D eigenvalue weighted by molar-refractivity contribution is 5.65. The maximum absolute atomic E-state index is 15.2. The van der Waals surface area contributed by atoms with Crippen LogP contribution in [0.3, 0.4) is 0 Å². The molecular formula is C32H37FO. The molecular weight excluding hydrogens is 419 g/mol. The minimum absolute atomic E-state index is 0.107. The van der Waals surface area contributed by atoms with Gasteiger partial charge in [-0.1, -0.05) is 80.8 Å². The van der Waals surface area contributed by atoms with Crippen molar-refractivity contribution in [2.75, 3.05) is 0 Å². The third kappa shape index (κ3) is 5.37. The Hall–Kier alpha value is -2.61. The average molecular weight is 457 g/mol. The number of ether oxygens (including phenoxy) is 1. The van der Waals surface area contributed by atoms with Crippen molar-refractivity contribution in [1.82, 2.24) is 0 Å². The molecule has 3 aromatic rings. The summed E-state index contributed by atoms with van der Waals surface area (Å²) in [5, 5.41) is 0. The van der Waals surface area contributed by atoms with Gasteiger partial charge < -0.3 is 4.74 Å². The zero-order valence-corrected chi connectivity index (χ0v) is 20.4. The first-order valence-corrected chi connectivity index (χ1v) is 13.3. The Balaban J connectivity index is 1.21. The summed E-state index contributed by atoms with van der Waals surface area (Å²) in [6.07, 6.45) is 10.7. The molecule has 0 heterocycles. The van der Waals surface area contributed by atoms with Gasteiger partial charge in [0.05, 0.1) is 0 Å². The highest BCUT2D eigenvalue weighted by Crippen LogP contribution is 2.48. The summed E-state index contributed by atoms with van der Waals surface area (Å²) in [7, 11) is 0. The molecule has 0 aromatic heterocycles. The molecule has 2 heteroatoms. The van der Waals surface area contributed by atoms with Gasteiger partial charge in [-0.2, -0.15) is 0 Å². The maximum atomic E-state index is 15.2. The lowest BCUT2D eigenvalue weighted by Gasteiger charge is -2.42. The van der Waals surface area contributed by atoms with Gasteiger partial charge in [-0.15, -0.1) is 0 Å². The number of rotatable bonds is 7. The van der Waals surface area contributed by atoms with Gasteiger partial charge >= 0.3 is 0 Å². The molecule has 0 amide bonds. The second-order valence-corrected chi connectivity index (χ2v) is 10.5. The summed E-state index contributed by atoms with van der Waals surface area (Å²) in [5.41, 5.74) is 3.90. The molecule has 3 aromatic carbocycles. The first-order chi connectivity index (χ1) is 16.7. The van der Waals surface area contributed by atoms with Gasteiger partial charge in [-0.25, -0.2) is 4.39 Å². The summed E-state index contributed by atoms with van der Waals surface area (Å²) >= 11 is 0. The van der Waals surface area contributed by atoms with Crippen LogP contribution in [0.2, 0.25) is 0 Å². The highest BCUT2D eigenvalue weighted by atomic mass is 19.1. The molecule has 0 radical (unpaired) electrons. The van der Waals surface area contributed by atoms with Crippen molar-refractivity contribution in [2.24, 2.45) is 17.8 Å². The van der Waals surface area contributed by atoms with Crippen LogP contribution in [0.5, 0.6) is 5.75 Å².